The van der Waals surface area contributed by atoms with Gasteiger partial charge in [-0.1, -0.05) is 12.6 Å². The Balaban J connectivity index is 2.08. The highest BCUT2D eigenvalue weighted by Gasteiger charge is 2.38. The third-order valence-electron chi connectivity index (χ3n) is 3.66. The second-order valence-corrected chi connectivity index (χ2v) is 5.48. The highest BCUT2D eigenvalue weighted by atomic mass is 16.8. The lowest BCUT2D eigenvalue weighted by molar-refractivity contribution is -0.176. The predicted molar refractivity (Wildman–Crippen MR) is 81.4 cm³/mol. The fourth-order valence-electron chi connectivity index (χ4n) is 2.45. The normalized spacial score (nSPS) is 23.7. The minimum atomic E-state index is -0.614. The van der Waals surface area contributed by atoms with Gasteiger partial charge in [0, 0.05) is 24.8 Å². The number of nitrogens with zero attached hydrogens (tertiary/aromatic N) is 1. The quantitative estimate of drug-likeness (QED) is 0.320. The molecule has 0 spiro atoms. The molecular formula is C14H23N3O7. The minimum Gasteiger partial charge on any atom is -0.355 e. The molecule has 0 amide bonds. The lowest BCUT2D eigenvalue weighted by Crippen LogP contribution is -2.33. The highest BCUT2D eigenvalue weighted by molar-refractivity contribution is 5.02. The fourth-order valence-corrected chi connectivity index (χ4v) is 2.45. The summed E-state index contributed by atoms with van der Waals surface area (Å²) >= 11 is 0. The molecule has 0 saturated carbocycles. The van der Waals surface area contributed by atoms with Gasteiger partial charge in [0.1, 0.15) is 19.1 Å². The average Bonchev–Trinajstić information content (AvgIpc) is 2.96. The van der Waals surface area contributed by atoms with Crippen LogP contribution in [-0.2, 0) is 19.0 Å². The highest BCUT2D eigenvalue weighted by Crippen LogP contribution is 2.30. The molecule has 0 bridgehead atoms. The van der Waals surface area contributed by atoms with Crippen LogP contribution in [0, 0.1) is 6.92 Å². The molecule has 0 aliphatic carbocycles. The Hall–Kier alpha value is -1.56. The molecule has 10 nitrogen and oxygen atoms in total. The summed E-state index contributed by atoms with van der Waals surface area (Å²) in [7, 11) is 0. The number of hydrogen-bond donors (Lipinski definition) is 3. The van der Waals surface area contributed by atoms with E-state index in [1.54, 1.807) is 12.6 Å². The number of aromatic nitrogens is 2. The van der Waals surface area contributed by atoms with Crippen molar-refractivity contribution in [2.75, 3.05) is 20.0 Å². The van der Waals surface area contributed by atoms with Gasteiger partial charge in [-0.2, -0.15) is 0 Å². The number of rotatable bonds is 9. The number of ether oxygens (including phenoxy) is 3. The zero-order valence-corrected chi connectivity index (χ0v) is 13.7. The van der Waals surface area contributed by atoms with Crippen LogP contribution in [0.25, 0.3) is 0 Å². The molecule has 0 aromatic carbocycles. The molecule has 2 heterocycles. The number of nitrogens with one attached hydrogen (secondary N) is 2. The van der Waals surface area contributed by atoms with Gasteiger partial charge in [0.15, 0.2) is 0 Å². The summed E-state index contributed by atoms with van der Waals surface area (Å²) in [5, 5.41) is 8.56. The van der Waals surface area contributed by atoms with Crippen LogP contribution in [0.4, 0.5) is 0 Å². The molecular weight excluding hydrogens is 322 g/mol. The average molecular weight is 345 g/mol. The van der Waals surface area contributed by atoms with E-state index < -0.39 is 23.6 Å². The maximum absolute atomic E-state index is 12.0. The molecule has 1 aromatic heterocycles. The van der Waals surface area contributed by atoms with Crippen molar-refractivity contribution in [3.05, 3.63) is 32.6 Å². The molecule has 3 N–H and O–H groups in total. The molecule has 1 aromatic rings. The predicted octanol–water partition coefficient (Wildman–Crippen LogP) is -0.188. The van der Waals surface area contributed by atoms with E-state index >= 15 is 0 Å². The van der Waals surface area contributed by atoms with E-state index in [1.807, 2.05) is 6.92 Å². The fraction of sp³-hybridized carbons (Fsp3) is 0.714. The maximum Gasteiger partial charge on any atom is 0.330 e. The van der Waals surface area contributed by atoms with Gasteiger partial charge in [0.25, 0.3) is 5.56 Å². The summed E-state index contributed by atoms with van der Waals surface area (Å²) in [6, 6.07) is 0. The Bertz CT molecular complexity index is 630. The Morgan fingerprint density at radius 2 is 2.29 bits per heavy atom. The third-order valence-corrected chi connectivity index (χ3v) is 3.66. The summed E-state index contributed by atoms with van der Waals surface area (Å²) in [4.78, 5) is 30.4. The first kappa shape index (κ1) is 18.8. The molecule has 1 aliphatic rings. The largest absolute Gasteiger partial charge is 0.355 e. The van der Waals surface area contributed by atoms with Gasteiger partial charge in [-0.3, -0.25) is 24.4 Å². The third kappa shape index (κ3) is 4.72. The van der Waals surface area contributed by atoms with E-state index in [9.17, 15) is 9.59 Å². The van der Waals surface area contributed by atoms with Crippen LogP contribution in [0.1, 0.15) is 31.6 Å². The maximum atomic E-state index is 12.0. The SMILES string of the molecule is CCCOCOC1CC(n2cc(C)c(=O)[nH]c2=O)OC1CONO. The Morgan fingerprint density at radius 3 is 3.00 bits per heavy atom. The summed E-state index contributed by atoms with van der Waals surface area (Å²) in [6.07, 6.45) is 1.18. The first-order valence-electron chi connectivity index (χ1n) is 7.74. The smallest absolute Gasteiger partial charge is 0.330 e. The number of aromatic amines is 1. The zero-order valence-electron chi connectivity index (χ0n) is 13.7. The van der Waals surface area contributed by atoms with E-state index in [0.717, 1.165) is 6.42 Å². The topological polar surface area (TPSA) is 124 Å². The van der Waals surface area contributed by atoms with E-state index in [1.165, 1.54) is 10.8 Å². The van der Waals surface area contributed by atoms with E-state index in [-0.39, 0.29) is 19.5 Å². The Morgan fingerprint density at radius 1 is 1.50 bits per heavy atom. The van der Waals surface area contributed by atoms with Crippen LogP contribution in [0.2, 0.25) is 0 Å². The Kier molecular flexibility index (Phi) is 7.09. The first-order chi connectivity index (χ1) is 11.6. The van der Waals surface area contributed by atoms with Crippen molar-refractivity contribution in [1.29, 1.82) is 0 Å². The van der Waals surface area contributed by atoms with Gasteiger partial charge in [0.05, 0.1) is 12.7 Å². The van der Waals surface area contributed by atoms with Gasteiger partial charge in [-0.05, 0) is 13.3 Å². The van der Waals surface area contributed by atoms with Gasteiger partial charge in [-0.25, -0.2) is 4.79 Å². The van der Waals surface area contributed by atoms with Crippen molar-refractivity contribution < 1.29 is 24.3 Å². The van der Waals surface area contributed by atoms with E-state index in [4.69, 9.17) is 24.3 Å². The van der Waals surface area contributed by atoms with Crippen LogP contribution in [0.5, 0.6) is 0 Å². The van der Waals surface area contributed by atoms with Crippen molar-refractivity contribution >= 4 is 0 Å². The van der Waals surface area contributed by atoms with E-state index in [2.05, 4.69) is 4.98 Å². The molecule has 1 aliphatic heterocycles. The number of aryl methyl sites for hydroxylation is 1. The molecule has 136 valence electrons. The molecule has 24 heavy (non-hydrogen) atoms. The first-order valence-corrected chi connectivity index (χ1v) is 7.74. The van der Waals surface area contributed by atoms with Crippen molar-refractivity contribution in [2.24, 2.45) is 0 Å². The van der Waals surface area contributed by atoms with Crippen molar-refractivity contribution in [2.45, 2.75) is 45.1 Å². The lowest BCUT2D eigenvalue weighted by atomic mass is 10.2. The second-order valence-electron chi connectivity index (χ2n) is 5.48. The summed E-state index contributed by atoms with van der Waals surface area (Å²) < 4.78 is 18.0. The monoisotopic (exact) mass is 345 g/mol. The van der Waals surface area contributed by atoms with Crippen molar-refractivity contribution in [1.82, 2.24) is 15.2 Å². The molecule has 2 rings (SSSR count). The summed E-state index contributed by atoms with van der Waals surface area (Å²) in [6.45, 7) is 4.28. The van der Waals surface area contributed by atoms with E-state index in [0.29, 0.717) is 18.6 Å². The molecule has 1 saturated heterocycles. The van der Waals surface area contributed by atoms with Gasteiger partial charge in [-0.15, -0.1) is 0 Å². The Labute approximate surface area is 138 Å². The zero-order chi connectivity index (χ0) is 17.5. The van der Waals surface area contributed by atoms with Crippen molar-refractivity contribution in [3.8, 4) is 0 Å². The summed E-state index contributed by atoms with van der Waals surface area (Å²) in [5.41, 5.74) is 1.00. The molecule has 1 fully saturated rings. The number of H-pyrrole nitrogens is 1. The lowest BCUT2D eigenvalue weighted by Gasteiger charge is -2.18. The van der Waals surface area contributed by atoms with Crippen LogP contribution >= 0.6 is 0 Å². The second kappa shape index (κ2) is 9.06. The van der Waals surface area contributed by atoms with Crippen LogP contribution in [0.3, 0.4) is 0 Å². The molecule has 0 radical (unpaired) electrons. The molecule has 3 unspecified atom stereocenters. The van der Waals surface area contributed by atoms with Gasteiger partial charge >= 0.3 is 5.69 Å². The summed E-state index contributed by atoms with van der Waals surface area (Å²) in [5.74, 6) is 0. The van der Waals surface area contributed by atoms with Crippen molar-refractivity contribution in [3.63, 3.8) is 0 Å². The van der Waals surface area contributed by atoms with Gasteiger partial charge < -0.3 is 14.2 Å². The van der Waals surface area contributed by atoms with Crippen LogP contribution in [0.15, 0.2) is 15.8 Å². The molecule has 3 atom stereocenters. The van der Waals surface area contributed by atoms with Crippen LogP contribution < -0.4 is 16.9 Å². The minimum absolute atomic E-state index is 0.0164. The van der Waals surface area contributed by atoms with Crippen LogP contribution in [-0.4, -0.2) is 47.0 Å². The number of hydrogen-bond acceptors (Lipinski definition) is 8. The standard InChI is InChI=1S/C14H23N3O7/c1-3-4-21-8-22-10-5-12(24-11(10)7-23-16-20)17-6-9(2)13(18)15-14(17)19/h6,10-12,16,20H,3-5,7-8H2,1-2H3,(H,15,18,19). The molecule has 10 heteroatoms. The van der Waals surface area contributed by atoms with Gasteiger partial charge in [0.2, 0.25) is 0 Å².